The molecule has 7 nitrogen and oxygen atoms in total. The molecule has 2 aromatic rings. The van der Waals surface area contributed by atoms with Crippen LogP contribution in [0.1, 0.15) is 24.2 Å². The monoisotopic (exact) mass is 281 g/mol. The summed E-state index contributed by atoms with van der Waals surface area (Å²) in [5.74, 6) is 0.372. The largest absolute Gasteiger partial charge is 0.392 e. The minimum Gasteiger partial charge on any atom is -0.392 e. The number of aliphatic hydroxyl groups is 1. The van der Waals surface area contributed by atoms with Gasteiger partial charge >= 0.3 is 0 Å². The van der Waals surface area contributed by atoms with Crippen LogP contribution in [0, 0.1) is 0 Å². The van der Waals surface area contributed by atoms with Crippen molar-refractivity contribution in [3.8, 4) is 10.7 Å². The molecule has 102 valence electrons. The fourth-order valence-electron chi connectivity index (χ4n) is 1.69. The van der Waals surface area contributed by atoms with E-state index >= 15 is 0 Å². The molecule has 2 aromatic heterocycles. The molecule has 19 heavy (non-hydrogen) atoms. The van der Waals surface area contributed by atoms with Crippen LogP contribution in [0.25, 0.3) is 10.7 Å². The molecule has 2 heterocycles. The first-order chi connectivity index (χ1) is 9.11. The van der Waals surface area contributed by atoms with Crippen LogP contribution in [0.2, 0.25) is 0 Å². The highest BCUT2D eigenvalue weighted by Gasteiger charge is 2.18. The Kier molecular flexibility index (Phi) is 4.23. The zero-order valence-electron chi connectivity index (χ0n) is 10.7. The Balaban J connectivity index is 2.15. The third kappa shape index (κ3) is 3.15. The maximum absolute atomic E-state index is 12.3. The number of hydrogen-bond donors (Lipinski definition) is 2. The van der Waals surface area contributed by atoms with Gasteiger partial charge in [-0.25, -0.2) is 0 Å². The van der Waals surface area contributed by atoms with Gasteiger partial charge in [0.15, 0.2) is 0 Å². The smallest absolute Gasteiger partial charge is 0.254 e. The van der Waals surface area contributed by atoms with E-state index in [1.165, 1.54) is 11.3 Å². The van der Waals surface area contributed by atoms with Crippen molar-refractivity contribution in [3.63, 3.8) is 0 Å². The van der Waals surface area contributed by atoms with Gasteiger partial charge in [-0.1, -0.05) is 0 Å². The van der Waals surface area contributed by atoms with Gasteiger partial charge in [0.1, 0.15) is 0 Å². The fraction of sp³-hybridized carbons (Fsp3) is 0.455. The molecule has 0 saturated carbocycles. The highest BCUT2D eigenvalue weighted by atomic mass is 32.1. The van der Waals surface area contributed by atoms with E-state index in [-0.39, 0.29) is 5.91 Å². The zero-order chi connectivity index (χ0) is 13.8. The minimum absolute atomic E-state index is 0.102. The van der Waals surface area contributed by atoms with Crippen LogP contribution < -0.4 is 0 Å². The molecule has 1 amide bonds. The summed E-state index contributed by atoms with van der Waals surface area (Å²) in [6, 6.07) is 1.74. The second-order valence-electron chi connectivity index (χ2n) is 4.13. The van der Waals surface area contributed by atoms with Crippen molar-refractivity contribution >= 4 is 17.2 Å². The van der Waals surface area contributed by atoms with Gasteiger partial charge in [0, 0.05) is 18.5 Å². The highest BCUT2D eigenvalue weighted by molar-refractivity contribution is 7.13. The van der Waals surface area contributed by atoms with E-state index in [0.29, 0.717) is 24.5 Å². The third-order valence-corrected chi connectivity index (χ3v) is 3.49. The fourth-order valence-corrected chi connectivity index (χ4v) is 2.50. The van der Waals surface area contributed by atoms with Crippen molar-refractivity contribution in [1.82, 2.24) is 25.5 Å². The van der Waals surface area contributed by atoms with Gasteiger partial charge < -0.3 is 10.0 Å². The predicted molar refractivity (Wildman–Crippen MR) is 70.7 cm³/mol. The first kappa shape index (κ1) is 13.6. The van der Waals surface area contributed by atoms with Crippen LogP contribution in [0.4, 0.5) is 0 Å². The number of nitrogens with zero attached hydrogens (tertiary/aromatic N) is 4. The molecule has 0 aliphatic carbocycles. The van der Waals surface area contributed by atoms with E-state index in [1.807, 2.05) is 6.92 Å². The second kappa shape index (κ2) is 5.89. The number of nitrogens with one attached hydrogen (secondary N) is 1. The van der Waals surface area contributed by atoms with E-state index in [1.54, 1.807) is 23.3 Å². The number of tetrazole rings is 1. The molecule has 0 aliphatic rings. The summed E-state index contributed by atoms with van der Waals surface area (Å²) in [6.45, 7) is 4.42. The SMILES string of the molecule is CCN(CC(C)O)C(=O)c1csc(-c2nn[nH]n2)c1. The number of aromatic nitrogens is 4. The number of likely N-dealkylation sites (N-methyl/N-ethyl adjacent to an activating group) is 1. The van der Waals surface area contributed by atoms with Gasteiger partial charge in [0.05, 0.1) is 16.5 Å². The molecular formula is C11H15N5O2S. The molecule has 8 heteroatoms. The number of rotatable bonds is 5. The first-order valence-corrected chi connectivity index (χ1v) is 6.79. The molecule has 1 atom stereocenters. The number of aromatic amines is 1. The number of aliphatic hydroxyl groups excluding tert-OH is 1. The molecular weight excluding hydrogens is 266 g/mol. The van der Waals surface area contributed by atoms with Crippen LogP contribution in [0.15, 0.2) is 11.4 Å². The maximum atomic E-state index is 12.3. The Hall–Kier alpha value is -1.80. The number of thiophene rings is 1. The molecule has 0 spiro atoms. The Morgan fingerprint density at radius 2 is 2.42 bits per heavy atom. The van der Waals surface area contributed by atoms with E-state index in [2.05, 4.69) is 20.6 Å². The van der Waals surface area contributed by atoms with Crippen LogP contribution in [-0.2, 0) is 0 Å². The Morgan fingerprint density at radius 3 is 3.00 bits per heavy atom. The Morgan fingerprint density at radius 1 is 1.63 bits per heavy atom. The van der Waals surface area contributed by atoms with Crippen molar-refractivity contribution in [1.29, 1.82) is 0 Å². The van der Waals surface area contributed by atoms with Gasteiger partial charge in [-0.3, -0.25) is 4.79 Å². The van der Waals surface area contributed by atoms with Crippen LogP contribution in [0.3, 0.4) is 0 Å². The number of carbonyl (C=O) groups excluding carboxylic acids is 1. The number of amides is 1. The molecule has 0 fully saturated rings. The predicted octanol–water partition coefficient (Wildman–Crippen LogP) is 0.771. The number of H-pyrrole nitrogens is 1. The summed E-state index contributed by atoms with van der Waals surface area (Å²) in [7, 11) is 0. The zero-order valence-corrected chi connectivity index (χ0v) is 11.5. The molecule has 1 unspecified atom stereocenters. The molecule has 2 N–H and O–H groups in total. The number of carbonyl (C=O) groups is 1. The second-order valence-corrected chi connectivity index (χ2v) is 5.04. The summed E-state index contributed by atoms with van der Waals surface area (Å²) in [5.41, 5.74) is 0.576. The van der Waals surface area contributed by atoms with E-state index in [9.17, 15) is 9.90 Å². The minimum atomic E-state index is -0.542. The Bertz CT molecular complexity index is 537. The van der Waals surface area contributed by atoms with E-state index < -0.39 is 6.10 Å². The molecule has 2 rings (SSSR count). The summed E-state index contributed by atoms with van der Waals surface area (Å²) >= 11 is 1.39. The maximum Gasteiger partial charge on any atom is 0.254 e. The van der Waals surface area contributed by atoms with Gasteiger partial charge in [0.2, 0.25) is 5.82 Å². The van der Waals surface area contributed by atoms with Gasteiger partial charge in [-0.05, 0) is 25.1 Å². The van der Waals surface area contributed by atoms with Crippen molar-refractivity contribution in [2.45, 2.75) is 20.0 Å². The lowest BCUT2D eigenvalue weighted by Gasteiger charge is -2.21. The standard InChI is InChI=1S/C11H15N5O2S/c1-3-16(5-7(2)17)11(18)8-4-9(19-6-8)10-12-14-15-13-10/h4,6-7,17H,3,5H2,1-2H3,(H,12,13,14,15). The van der Waals surface area contributed by atoms with Crippen LogP contribution >= 0.6 is 11.3 Å². The molecule has 0 bridgehead atoms. The average molecular weight is 281 g/mol. The van der Waals surface area contributed by atoms with Crippen molar-refractivity contribution in [2.75, 3.05) is 13.1 Å². The van der Waals surface area contributed by atoms with E-state index in [4.69, 9.17) is 0 Å². The van der Waals surface area contributed by atoms with Gasteiger partial charge in [0.25, 0.3) is 5.91 Å². The third-order valence-electron chi connectivity index (χ3n) is 2.57. The summed E-state index contributed by atoms with van der Waals surface area (Å²) in [4.78, 5) is 14.6. The molecule has 0 aliphatic heterocycles. The van der Waals surface area contributed by atoms with E-state index in [0.717, 1.165) is 4.88 Å². The van der Waals surface area contributed by atoms with Crippen LogP contribution in [-0.4, -0.2) is 55.7 Å². The average Bonchev–Trinajstić information content (AvgIpc) is 3.04. The highest BCUT2D eigenvalue weighted by Crippen LogP contribution is 2.24. The van der Waals surface area contributed by atoms with Gasteiger partial charge in [-0.15, -0.1) is 21.5 Å². The van der Waals surface area contributed by atoms with Crippen LogP contribution in [0.5, 0.6) is 0 Å². The lowest BCUT2D eigenvalue weighted by molar-refractivity contribution is 0.0661. The quantitative estimate of drug-likeness (QED) is 0.844. The number of hydrogen-bond acceptors (Lipinski definition) is 6. The first-order valence-electron chi connectivity index (χ1n) is 5.91. The summed E-state index contributed by atoms with van der Waals surface area (Å²) in [5, 5.41) is 24.7. The molecule has 0 saturated heterocycles. The summed E-state index contributed by atoms with van der Waals surface area (Å²) in [6.07, 6.45) is -0.542. The van der Waals surface area contributed by atoms with Crippen molar-refractivity contribution < 1.29 is 9.90 Å². The van der Waals surface area contributed by atoms with Gasteiger partial charge in [-0.2, -0.15) is 5.21 Å². The topological polar surface area (TPSA) is 95.0 Å². The molecule has 0 aromatic carbocycles. The van der Waals surface area contributed by atoms with Crippen molar-refractivity contribution in [2.24, 2.45) is 0 Å². The molecule has 0 radical (unpaired) electrons. The summed E-state index contributed by atoms with van der Waals surface area (Å²) < 4.78 is 0. The lowest BCUT2D eigenvalue weighted by atomic mass is 10.2. The normalized spacial score (nSPS) is 12.4. The Labute approximate surface area is 114 Å². The van der Waals surface area contributed by atoms with Crippen molar-refractivity contribution in [3.05, 3.63) is 17.0 Å². The lowest BCUT2D eigenvalue weighted by Crippen LogP contribution is -2.36.